The Morgan fingerprint density at radius 2 is 1.65 bits per heavy atom. The molecule has 2 atom stereocenters. The van der Waals surface area contributed by atoms with Crippen LogP contribution in [0.2, 0.25) is 0 Å². The maximum atomic E-state index is 12.5. The molecule has 7 heteroatoms. The highest BCUT2D eigenvalue weighted by molar-refractivity contribution is 7.89. The van der Waals surface area contributed by atoms with E-state index in [1.54, 1.807) is 24.3 Å². The average Bonchev–Trinajstić information content (AvgIpc) is 2.55. The highest BCUT2D eigenvalue weighted by Crippen LogP contribution is 2.21. The van der Waals surface area contributed by atoms with E-state index >= 15 is 0 Å². The second-order valence-electron chi connectivity index (χ2n) is 7.30. The summed E-state index contributed by atoms with van der Waals surface area (Å²) in [5, 5.41) is 2.87. The van der Waals surface area contributed by atoms with Gasteiger partial charge < -0.3 is 5.32 Å². The van der Waals surface area contributed by atoms with E-state index in [-0.39, 0.29) is 10.8 Å². The number of sulfonamides is 1. The molecule has 0 spiro atoms. The number of nitrogens with zero attached hydrogens (tertiary/aromatic N) is 2. The summed E-state index contributed by atoms with van der Waals surface area (Å²) in [6, 6.07) is 6.40. The molecule has 1 amide bonds. The molecule has 1 heterocycles. The average molecular weight is 382 g/mol. The van der Waals surface area contributed by atoms with Crippen molar-refractivity contribution in [3.05, 3.63) is 24.3 Å². The van der Waals surface area contributed by atoms with Gasteiger partial charge in [0.05, 0.1) is 11.4 Å². The molecule has 26 heavy (non-hydrogen) atoms. The van der Waals surface area contributed by atoms with Gasteiger partial charge in [0.1, 0.15) is 0 Å². The van der Waals surface area contributed by atoms with Gasteiger partial charge in [0.15, 0.2) is 0 Å². The fourth-order valence-electron chi connectivity index (χ4n) is 3.75. The first-order valence-electron chi connectivity index (χ1n) is 9.38. The van der Waals surface area contributed by atoms with E-state index in [0.29, 0.717) is 37.2 Å². The standard InChI is InChI=1S/C19H31N3O3S/c1-5-22(6-2)26(24,25)18-9-7-17(8-10-18)20-19(23)14-21-12-15(3)11-16(4)13-21/h7-10,15-16H,5-6,11-14H2,1-4H3,(H,20,23)/t15-,16-/m1/s1. The number of likely N-dealkylation sites (tertiary alicyclic amines) is 1. The van der Waals surface area contributed by atoms with Gasteiger partial charge in [-0.3, -0.25) is 9.69 Å². The zero-order valence-electron chi connectivity index (χ0n) is 16.2. The van der Waals surface area contributed by atoms with E-state index in [4.69, 9.17) is 0 Å². The first-order chi connectivity index (χ1) is 12.3. The van der Waals surface area contributed by atoms with Crippen LogP contribution in [0.25, 0.3) is 0 Å². The summed E-state index contributed by atoms with van der Waals surface area (Å²) in [6.45, 7) is 11.2. The van der Waals surface area contributed by atoms with Crippen molar-refractivity contribution in [2.45, 2.75) is 39.0 Å². The number of amides is 1. The van der Waals surface area contributed by atoms with Crippen LogP contribution >= 0.6 is 0 Å². The van der Waals surface area contributed by atoms with Crippen LogP contribution in [0.15, 0.2) is 29.2 Å². The summed E-state index contributed by atoms with van der Waals surface area (Å²) in [4.78, 5) is 14.7. The van der Waals surface area contributed by atoms with Crippen LogP contribution in [0, 0.1) is 11.8 Å². The smallest absolute Gasteiger partial charge is 0.243 e. The molecule has 2 rings (SSSR count). The minimum absolute atomic E-state index is 0.0642. The lowest BCUT2D eigenvalue weighted by Crippen LogP contribution is -2.42. The van der Waals surface area contributed by atoms with Crippen molar-refractivity contribution < 1.29 is 13.2 Å². The zero-order chi connectivity index (χ0) is 19.3. The van der Waals surface area contributed by atoms with E-state index in [0.717, 1.165) is 13.1 Å². The SMILES string of the molecule is CCN(CC)S(=O)(=O)c1ccc(NC(=O)CN2C[C@H](C)C[C@@H](C)C2)cc1. The highest BCUT2D eigenvalue weighted by atomic mass is 32.2. The molecular weight excluding hydrogens is 350 g/mol. The van der Waals surface area contributed by atoms with E-state index in [2.05, 4.69) is 24.1 Å². The van der Waals surface area contributed by atoms with Crippen LogP contribution < -0.4 is 5.32 Å². The van der Waals surface area contributed by atoms with Crippen LogP contribution in [0.1, 0.15) is 34.1 Å². The van der Waals surface area contributed by atoms with Crippen molar-refractivity contribution >= 4 is 21.6 Å². The molecule has 0 unspecified atom stereocenters. The minimum atomic E-state index is -3.47. The molecule has 146 valence electrons. The molecule has 1 fully saturated rings. The predicted octanol–water partition coefficient (Wildman–Crippen LogP) is 2.63. The summed E-state index contributed by atoms with van der Waals surface area (Å²) in [5.41, 5.74) is 0.617. The molecule has 1 saturated heterocycles. The van der Waals surface area contributed by atoms with Crippen molar-refractivity contribution in [3.8, 4) is 0 Å². The van der Waals surface area contributed by atoms with E-state index in [1.165, 1.54) is 10.7 Å². The molecule has 1 aromatic carbocycles. The maximum Gasteiger partial charge on any atom is 0.243 e. The molecule has 0 aromatic heterocycles. The molecule has 0 aliphatic carbocycles. The topological polar surface area (TPSA) is 69.7 Å². The van der Waals surface area contributed by atoms with Crippen molar-refractivity contribution in [1.29, 1.82) is 0 Å². The number of hydrogen-bond donors (Lipinski definition) is 1. The molecular formula is C19H31N3O3S. The zero-order valence-corrected chi connectivity index (χ0v) is 17.1. The number of carbonyl (C=O) groups is 1. The van der Waals surface area contributed by atoms with Gasteiger partial charge in [-0.25, -0.2) is 8.42 Å². The lowest BCUT2D eigenvalue weighted by Gasteiger charge is -2.34. The van der Waals surface area contributed by atoms with Gasteiger partial charge in [0.2, 0.25) is 15.9 Å². The Kier molecular flexibility index (Phi) is 7.20. The second-order valence-corrected chi connectivity index (χ2v) is 9.24. The third-order valence-electron chi connectivity index (χ3n) is 4.79. The van der Waals surface area contributed by atoms with Crippen LogP contribution in [-0.4, -0.2) is 56.3 Å². The highest BCUT2D eigenvalue weighted by Gasteiger charge is 2.24. The largest absolute Gasteiger partial charge is 0.325 e. The summed E-state index contributed by atoms with van der Waals surface area (Å²) < 4.78 is 26.4. The van der Waals surface area contributed by atoms with Gasteiger partial charge in [-0.2, -0.15) is 4.31 Å². The Balaban J connectivity index is 1.97. The maximum absolute atomic E-state index is 12.5. The Morgan fingerprint density at radius 3 is 2.15 bits per heavy atom. The van der Waals surface area contributed by atoms with E-state index < -0.39 is 10.0 Å². The molecule has 1 N–H and O–H groups in total. The third-order valence-corrected chi connectivity index (χ3v) is 6.86. The number of carbonyl (C=O) groups excluding carboxylic acids is 1. The molecule has 1 aliphatic heterocycles. The summed E-state index contributed by atoms with van der Waals surface area (Å²) >= 11 is 0. The normalized spacial score (nSPS) is 21.7. The van der Waals surface area contributed by atoms with Gasteiger partial charge in [0.25, 0.3) is 0 Å². The van der Waals surface area contributed by atoms with Crippen LogP contribution in [0.3, 0.4) is 0 Å². The minimum Gasteiger partial charge on any atom is -0.325 e. The fraction of sp³-hybridized carbons (Fsp3) is 0.632. The van der Waals surface area contributed by atoms with Gasteiger partial charge in [-0.05, 0) is 42.5 Å². The Morgan fingerprint density at radius 1 is 1.12 bits per heavy atom. The molecule has 1 aromatic rings. The van der Waals surface area contributed by atoms with E-state index in [9.17, 15) is 13.2 Å². The Bertz CT molecular complexity index is 689. The van der Waals surface area contributed by atoms with Gasteiger partial charge in [0, 0.05) is 31.9 Å². The quantitative estimate of drug-likeness (QED) is 0.788. The molecule has 0 saturated carbocycles. The second kappa shape index (κ2) is 8.97. The summed E-state index contributed by atoms with van der Waals surface area (Å²) in [5.74, 6) is 1.15. The summed E-state index contributed by atoms with van der Waals surface area (Å²) in [6.07, 6.45) is 1.21. The van der Waals surface area contributed by atoms with Crippen LogP contribution in [0.4, 0.5) is 5.69 Å². The third kappa shape index (κ3) is 5.28. The predicted molar refractivity (Wildman–Crippen MR) is 105 cm³/mol. The van der Waals surface area contributed by atoms with Crippen molar-refractivity contribution in [2.24, 2.45) is 11.8 Å². The monoisotopic (exact) mass is 381 g/mol. The number of rotatable bonds is 7. The number of piperidine rings is 1. The van der Waals surface area contributed by atoms with Gasteiger partial charge in [-0.1, -0.05) is 27.7 Å². The van der Waals surface area contributed by atoms with Crippen molar-refractivity contribution in [2.75, 3.05) is 38.0 Å². The molecule has 0 radical (unpaired) electrons. The first-order valence-corrected chi connectivity index (χ1v) is 10.8. The molecule has 6 nitrogen and oxygen atoms in total. The first kappa shape index (κ1) is 20.9. The Hall–Kier alpha value is -1.44. The lowest BCUT2D eigenvalue weighted by atomic mass is 9.92. The van der Waals surface area contributed by atoms with Crippen molar-refractivity contribution in [3.63, 3.8) is 0 Å². The fourth-order valence-corrected chi connectivity index (χ4v) is 5.21. The van der Waals surface area contributed by atoms with Crippen molar-refractivity contribution in [1.82, 2.24) is 9.21 Å². The lowest BCUT2D eigenvalue weighted by molar-refractivity contribution is -0.117. The van der Waals surface area contributed by atoms with E-state index in [1.807, 2.05) is 13.8 Å². The van der Waals surface area contributed by atoms with Crippen LogP contribution in [0.5, 0.6) is 0 Å². The molecule has 1 aliphatic rings. The molecule has 0 bridgehead atoms. The van der Waals surface area contributed by atoms with Gasteiger partial charge >= 0.3 is 0 Å². The summed E-state index contributed by atoms with van der Waals surface area (Å²) in [7, 11) is -3.47. The number of nitrogens with one attached hydrogen (secondary N) is 1. The Labute approximate surface area is 157 Å². The van der Waals surface area contributed by atoms with Gasteiger partial charge in [-0.15, -0.1) is 0 Å². The number of hydrogen-bond acceptors (Lipinski definition) is 4. The van der Waals surface area contributed by atoms with Crippen LogP contribution in [-0.2, 0) is 14.8 Å². The number of benzene rings is 1. The number of anilines is 1.